The van der Waals surface area contributed by atoms with Gasteiger partial charge in [-0.3, -0.25) is 10.2 Å². The van der Waals surface area contributed by atoms with Gasteiger partial charge in [0.05, 0.1) is 12.5 Å². The Morgan fingerprint density at radius 3 is 2.45 bits per heavy atom. The van der Waals surface area contributed by atoms with Gasteiger partial charge in [0, 0.05) is 6.92 Å². The van der Waals surface area contributed by atoms with Crippen molar-refractivity contribution in [2.45, 2.75) is 20.3 Å². The molecule has 1 aromatic rings. The summed E-state index contributed by atoms with van der Waals surface area (Å²) in [5, 5.41) is 7.41. The molecule has 0 amide bonds. The molecule has 0 saturated carbocycles. The van der Waals surface area contributed by atoms with Crippen LogP contribution in [-0.2, 0) is 16.0 Å². The van der Waals surface area contributed by atoms with E-state index in [4.69, 9.17) is 10.1 Å². The van der Waals surface area contributed by atoms with E-state index in [1.165, 1.54) is 6.92 Å². The summed E-state index contributed by atoms with van der Waals surface area (Å²) >= 11 is 0. The third kappa shape index (κ3) is 5.00. The van der Waals surface area contributed by atoms with Crippen LogP contribution in [0.4, 0.5) is 0 Å². The summed E-state index contributed by atoms with van der Waals surface area (Å²) in [6.07, 6.45) is 0.228. The molecule has 0 heterocycles. The van der Waals surface area contributed by atoms with Crippen LogP contribution < -0.4 is 0 Å². The van der Waals surface area contributed by atoms with Crippen LogP contribution in [0.15, 0.2) is 30.3 Å². The van der Waals surface area contributed by atoms with Gasteiger partial charge in [-0.05, 0) is 18.9 Å². The zero-order chi connectivity index (χ0) is 15.2. The summed E-state index contributed by atoms with van der Waals surface area (Å²) in [5.74, 6) is -1.11. The average Bonchev–Trinajstić information content (AvgIpc) is 2.39. The molecule has 1 atom stereocenters. The maximum absolute atomic E-state index is 12.0. The molecule has 0 aromatic heterocycles. The molecule has 5 nitrogen and oxygen atoms in total. The lowest BCUT2D eigenvalue weighted by Crippen LogP contribution is -2.26. The van der Waals surface area contributed by atoms with Gasteiger partial charge in [0.1, 0.15) is 6.16 Å². The Morgan fingerprint density at radius 1 is 1.35 bits per heavy atom. The maximum atomic E-state index is 12.0. The van der Waals surface area contributed by atoms with E-state index in [1.807, 2.05) is 30.3 Å². The van der Waals surface area contributed by atoms with Crippen molar-refractivity contribution in [2.24, 2.45) is 5.92 Å². The number of esters is 1. The minimum absolute atomic E-state index is 0.143. The van der Waals surface area contributed by atoms with Crippen molar-refractivity contribution in [1.29, 1.82) is 5.41 Å². The lowest BCUT2D eigenvalue weighted by atomic mass is 10.0. The lowest BCUT2D eigenvalue weighted by Gasteiger charge is -2.18. The summed E-state index contributed by atoms with van der Waals surface area (Å²) in [7, 11) is -3.50. The van der Waals surface area contributed by atoms with E-state index < -0.39 is 19.6 Å². The number of rotatable bonds is 7. The second-order valence-corrected chi connectivity index (χ2v) is 7.13. The topological polar surface area (TPSA) is 90.6 Å². The zero-order valence-electron chi connectivity index (χ0n) is 11.7. The fourth-order valence-electron chi connectivity index (χ4n) is 1.83. The first-order chi connectivity index (χ1) is 9.36. The van der Waals surface area contributed by atoms with Gasteiger partial charge in [-0.2, -0.15) is 0 Å². The normalized spacial score (nSPS) is 12.8. The summed E-state index contributed by atoms with van der Waals surface area (Å²) in [6, 6.07) is 9.34. The van der Waals surface area contributed by atoms with Crippen molar-refractivity contribution in [3.63, 3.8) is 0 Å². The molecular weight excluding hydrogens is 277 g/mol. The van der Waals surface area contributed by atoms with Crippen molar-refractivity contribution >= 4 is 19.1 Å². The molecule has 0 bridgehead atoms. The van der Waals surface area contributed by atoms with E-state index in [1.54, 1.807) is 6.92 Å². The Morgan fingerprint density at radius 2 is 1.95 bits per heavy atom. The molecule has 110 valence electrons. The van der Waals surface area contributed by atoms with Crippen LogP contribution in [0.2, 0.25) is 0 Å². The van der Waals surface area contributed by atoms with E-state index in [9.17, 15) is 14.6 Å². The van der Waals surface area contributed by atoms with Gasteiger partial charge < -0.3 is 4.74 Å². The van der Waals surface area contributed by atoms with Gasteiger partial charge in [-0.15, -0.1) is 0 Å². The fraction of sp³-hybridized carbons (Fsp3) is 0.429. The third-order valence-corrected chi connectivity index (χ3v) is 4.98. The van der Waals surface area contributed by atoms with E-state index in [0.717, 1.165) is 5.56 Å². The average molecular weight is 298 g/mol. The number of carbonyl (C=O) groups excluding carboxylic acids is 1. The smallest absolute Gasteiger partial charge is 0.314 e. The molecule has 20 heavy (non-hydrogen) atoms. The van der Waals surface area contributed by atoms with Crippen LogP contribution in [0, 0.1) is 11.3 Å². The number of hydrogen-bond acceptors (Lipinski definition) is 5. The van der Waals surface area contributed by atoms with Crippen molar-refractivity contribution < 1.29 is 19.3 Å². The van der Waals surface area contributed by atoms with Crippen LogP contribution in [0.5, 0.6) is 0 Å². The van der Waals surface area contributed by atoms with Crippen molar-refractivity contribution in [1.82, 2.24) is 0 Å². The van der Waals surface area contributed by atoms with Gasteiger partial charge in [0.2, 0.25) is 5.45 Å². The number of hydrogen-bond donors (Lipinski definition) is 3. The van der Waals surface area contributed by atoms with Crippen LogP contribution >= 0.6 is 7.72 Å². The summed E-state index contributed by atoms with van der Waals surface area (Å²) < 4.78 is 4.99. The number of benzene rings is 1. The fourth-order valence-corrected chi connectivity index (χ4v) is 2.99. The van der Waals surface area contributed by atoms with Gasteiger partial charge in [0.15, 0.2) is 0 Å². The molecule has 6 heteroatoms. The Kier molecular flexibility index (Phi) is 6.27. The van der Waals surface area contributed by atoms with E-state index >= 15 is 0 Å². The highest BCUT2D eigenvalue weighted by atomic mass is 31.2. The summed E-state index contributed by atoms with van der Waals surface area (Å²) in [5.41, 5.74) is 0.744. The molecule has 0 fully saturated rings. The highest BCUT2D eigenvalue weighted by Crippen LogP contribution is 2.52. The van der Waals surface area contributed by atoms with Crippen molar-refractivity contribution in [3.8, 4) is 0 Å². The molecule has 0 aliphatic carbocycles. The molecule has 0 saturated heterocycles. The standard InChI is InChI=1S/C14H21NO4P/c1-3-19-14(16)13(10-20(17,18)11(2)15)9-12-7-5-4-6-8-12/h4-8,13,15,17-18H,3,9-10H2,1-2H3/q+1. The van der Waals surface area contributed by atoms with Gasteiger partial charge in [-0.25, -0.2) is 9.79 Å². The Labute approximate surface area is 119 Å². The third-order valence-electron chi connectivity index (χ3n) is 2.96. The molecular formula is C14H21NO4P+. The monoisotopic (exact) mass is 298 g/mol. The number of carbonyl (C=O) groups is 1. The van der Waals surface area contributed by atoms with E-state index in [2.05, 4.69) is 0 Å². The minimum Gasteiger partial charge on any atom is -0.466 e. The van der Waals surface area contributed by atoms with E-state index in [0.29, 0.717) is 6.42 Å². The largest absolute Gasteiger partial charge is 0.466 e. The second kappa shape index (κ2) is 7.48. The first-order valence-corrected chi connectivity index (χ1v) is 8.34. The Hall–Kier alpha value is -1.29. The molecule has 3 N–H and O–H groups in total. The van der Waals surface area contributed by atoms with Crippen LogP contribution in [0.25, 0.3) is 0 Å². The number of ether oxygens (including phenoxy) is 1. The molecule has 0 spiro atoms. The lowest BCUT2D eigenvalue weighted by molar-refractivity contribution is -0.147. The Bertz CT molecular complexity index is 462. The van der Waals surface area contributed by atoms with Gasteiger partial charge in [-0.1, -0.05) is 30.3 Å². The predicted molar refractivity (Wildman–Crippen MR) is 79.9 cm³/mol. The summed E-state index contributed by atoms with van der Waals surface area (Å²) in [6.45, 7) is 3.30. The molecule has 1 rings (SSSR count). The SMILES string of the molecule is CCOC(=O)C(Cc1ccccc1)C[P+](O)(O)C(C)=N. The van der Waals surface area contributed by atoms with Gasteiger partial charge >= 0.3 is 13.7 Å². The maximum Gasteiger partial charge on any atom is 0.314 e. The Balaban J connectivity index is 2.86. The molecule has 0 radical (unpaired) electrons. The van der Waals surface area contributed by atoms with Crippen molar-refractivity contribution in [3.05, 3.63) is 35.9 Å². The minimum atomic E-state index is -3.50. The highest BCUT2D eigenvalue weighted by molar-refractivity contribution is 7.81. The molecule has 1 unspecified atom stereocenters. The molecule has 0 aliphatic rings. The van der Waals surface area contributed by atoms with Crippen LogP contribution in [-0.4, -0.2) is 34.0 Å². The van der Waals surface area contributed by atoms with E-state index in [-0.39, 0.29) is 18.2 Å². The predicted octanol–water partition coefficient (Wildman–Crippen LogP) is 2.24. The van der Waals surface area contributed by atoms with Gasteiger partial charge in [0.25, 0.3) is 0 Å². The molecule has 1 aromatic carbocycles. The number of nitrogens with one attached hydrogen (secondary N) is 1. The quantitative estimate of drug-likeness (QED) is 0.409. The zero-order valence-corrected chi connectivity index (χ0v) is 12.6. The van der Waals surface area contributed by atoms with Crippen LogP contribution in [0.1, 0.15) is 19.4 Å². The van der Waals surface area contributed by atoms with Crippen molar-refractivity contribution in [2.75, 3.05) is 12.8 Å². The first kappa shape index (κ1) is 16.8. The summed E-state index contributed by atoms with van der Waals surface area (Å²) in [4.78, 5) is 31.7. The van der Waals surface area contributed by atoms with Crippen LogP contribution in [0.3, 0.4) is 0 Å². The first-order valence-electron chi connectivity index (χ1n) is 6.46. The highest BCUT2D eigenvalue weighted by Gasteiger charge is 2.42. The second-order valence-electron chi connectivity index (χ2n) is 4.64. The molecule has 0 aliphatic heterocycles.